The molecule has 0 spiro atoms. The Kier molecular flexibility index (Phi) is 2.63. The highest BCUT2D eigenvalue weighted by Crippen LogP contribution is 2.04. The molecule has 2 rings (SSSR count). The summed E-state index contributed by atoms with van der Waals surface area (Å²) in [4.78, 5) is 39.6. The van der Waals surface area contributed by atoms with Crippen molar-refractivity contribution in [2.24, 2.45) is 14.0 Å². The molecule has 108 valence electrons. The van der Waals surface area contributed by atoms with Crippen molar-refractivity contribution in [3.8, 4) is 0 Å². The number of aryl methyl sites for hydroxylation is 2. The third kappa shape index (κ3) is 2.43. The fraction of sp³-hybridized carbons (Fsp3) is 0.538. The lowest BCUT2D eigenvalue weighted by Crippen LogP contribution is -2.39. The summed E-state index contributed by atoms with van der Waals surface area (Å²) in [5.41, 5.74) is -1.86. The maximum Gasteiger partial charge on any atom is 0.332 e. The van der Waals surface area contributed by atoms with Crippen LogP contribution in [0.4, 0.5) is 0 Å². The van der Waals surface area contributed by atoms with Crippen LogP contribution in [0.3, 0.4) is 0 Å². The Balaban J connectivity index is 2.60. The van der Waals surface area contributed by atoms with Gasteiger partial charge in [-0.2, -0.15) is 0 Å². The van der Waals surface area contributed by atoms with Crippen molar-refractivity contribution in [1.29, 1.82) is 0 Å². The van der Waals surface area contributed by atoms with Crippen LogP contribution in [0, 0.1) is 0 Å². The highest BCUT2D eigenvalue weighted by molar-refractivity contribution is 5.75. The molecule has 0 aromatic carbocycles. The third-order valence-corrected chi connectivity index (χ3v) is 3.14. The van der Waals surface area contributed by atoms with E-state index in [4.69, 9.17) is 5.48 Å². The van der Waals surface area contributed by atoms with Gasteiger partial charge >= 0.3 is 5.69 Å². The molecule has 0 radical (unpaired) electrons. The molecule has 0 N–H and O–H groups in total. The van der Waals surface area contributed by atoms with Crippen LogP contribution in [0.2, 0.25) is 0 Å². The van der Waals surface area contributed by atoms with E-state index >= 15 is 0 Å². The molecular formula is C13H18N4O3. The second kappa shape index (κ2) is 5.44. The molecule has 7 heteroatoms. The Morgan fingerprint density at radius 2 is 2.20 bits per heavy atom. The first-order valence-electron chi connectivity index (χ1n) is 8.24. The highest BCUT2D eigenvalue weighted by atomic mass is 16.2. The number of aromatic nitrogens is 4. The average molecular weight is 282 g/mol. The first kappa shape index (κ1) is 9.68. The number of unbranched alkanes of at least 4 members (excludes halogenated alkanes) is 1. The van der Waals surface area contributed by atoms with E-state index in [1.807, 2.05) is 0 Å². The van der Waals surface area contributed by atoms with Crippen LogP contribution in [-0.4, -0.2) is 24.5 Å². The van der Waals surface area contributed by atoms with Crippen molar-refractivity contribution in [3.63, 3.8) is 0 Å². The fourth-order valence-corrected chi connectivity index (χ4v) is 2.05. The zero-order valence-electron chi connectivity index (χ0n) is 15.3. The Bertz CT molecular complexity index is 907. The number of hydrogen-bond donors (Lipinski definition) is 0. The molecule has 0 saturated carbocycles. The number of Topliss-reactive ketones (excluding diaryl/α,β-unsaturated/α-hetero) is 1. The van der Waals surface area contributed by atoms with Crippen molar-refractivity contribution >= 4 is 16.9 Å². The summed E-state index contributed by atoms with van der Waals surface area (Å²) in [6.45, 7) is -1.23. The molecule has 2 aromatic rings. The smallest absolute Gasteiger partial charge is 0.328 e. The van der Waals surface area contributed by atoms with Crippen LogP contribution in [0.15, 0.2) is 15.9 Å². The molecule has 0 atom stereocenters. The Labute approximate surface area is 121 Å². The molecule has 7 nitrogen and oxygen atoms in total. The van der Waals surface area contributed by atoms with Gasteiger partial charge in [-0.05, 0) is 19.8 Å². The fourth-order valence-electron chi connectivity index (χ4n) is 2.05. The van der Waals surface area contributed by atoms with Gasteiger partial charge in [-0.1, -0.05) is 0 Å². The van der Waals surface area contributed by atoms with Gasteiger partial charge in [0.1, 0.15) is 7.15 Å². The van der Waals surface area contributed by atoms with Gasteiger partial charge in [0, 0.05) is 31.1 Å². The molecule has 2 heterocycles. The number of imidazole rings is 1. The lowest BCUT2D eigenvalue weighted by atomic mass is 10.2. The molecule has 0 unspecified atom stereocenters. The molecule has 0 saturated heterocycles. The van der Waals surface area contributed by atoms with Crippen molar-refractivity contribution in [2.45, 2.75) is 32.7 Å². The second-order valence-corrected chi connectivity index (χ2v) is 4.68. The normalized spacial score (nSPS) is 14.7. The van der Waals surface area contributed by atoms with Crippen molar-refractivity contribution in [3.05, 3.63) is 27.1 Å². The van der Waals surface area contributed by atoms with E-state index < -0.39 is 24.5 Å². The summed E-state index contributed by atoms with van der Waals surface area (Å²) in [5, 5.41) is 0. The summed E-state index contributed by atoms with van der Waals surface area (Å²) >= 11 is 0. The molecule has 0 bridgehead atoms. The largest absolute Gasteiger partial charge is 0.332 e. The molecule has 0 aliphatic heterocycles. The third-order valence-electron chi connectivity index (χ3n) is 3.14. The Morgan fingerprint density at radius 3 is 2.85 bits per heavy atom. The standard InChI is InChI=1S/C13H18N4O3/c1-9(18)6-4-5-7-17-12(19)10-11(14-8-15(10)2)16(3)13(17)20/h8H,4-7H2,1-3H3/i2D3,8D. The SMILES string of the molecule is [2H]c1nc2c(c(=O)n(CCCCC(C)=O)c(=O)n2C)n1C([2H])([2H])[2H]. The Morgan fingerprint density at radius 1 is 1.45 bits per heavy atom. The molecule has 0 aliphatic carbocycles. The van der Waals surface area contributed by atoms with E-state index in [9.17, 15) is 14.4 Å². The number of hydrogen-bond acceptors (Lipinski definition) is 4. The van der Waals surface area contributed by atoms with Gasteiger partial charge in [0.25, 0.3) is 5.56 Å². The number of rotatable bonds is 5. The maximum atomic E-state index is 12.6. The minimum atomic E-state index is -2.76. The summed E-state index contributed by atoms with van der Waals surface area (Å²) < 4.78 is 32.7. The lowest BCUT2D eigenvalue weighted by molar-refractivity contribution is -0.117. The molecule has 20 heavy (non-hydrogen) atoms. The maximum absolute atomic E-state index is 12.6. The summed E-state index contributed by atoms with van der Waals surface area (Å²) in [5.74, 6) is 0.0185. The average Bonchev–Trinajstić information content (AvgIpc) is 2.81. The summed E-state index contributed by atoms with van der Waals surface area (Å²) in [6.07, 6.45) is 0.689. The minimum Gasteiger partial charge on any atom is -0.328 e. The van der Waals surface area contributed by atoms with Gasteiger partial charge in [-0.25, -0.2) is 9.78 Å². The van der Waals surface area contributed by atoms with Crippen molar-refractivity contribution < 1.29 is 10.3 Å². The van der Waals surface area contributed by atoms with Crippen LogP contribution in [0.1, 0.15) is 31.7 Å². The summed E-state index contributed by atoms with van der Waals surface area (Å²) in [7, 11) is 1.37. The Hall–Kier alpha value is -2.18. The van der Waals surface area contributed by atoms with Crippen LogP contribution in [-0.2, 0) is 25.4 Å². The lowest BCUT2D eigenvalue weighted by Gasteiger charge is -2.08. The van der Waals surface area contributed by atoms with E-state index in [0.29, 0.717) is 23.8 Å². The quantitative estimate of drug-likeness (QED) is 0.733. The first-order chi connectivity index (χ1) is 11.1. The number of nitrogens with zero attached hydrogens (tertiary/aromatic N) is 4. The van der Waals surface area contributed by atoms with E-state index in [0.717, 1.165) is 9.13 Å². The minimum absolute atomic E-state index is 0.0185. The van der Waals surface area contributed by atoms with Crippen LogP contribution in [0.25, 0.3) is 11.2 Å². The predicted molar refractivity (Wildman–Crippen MR) is 74.7 cm³/mol. The number of ketones is 1. The van der Waals surface area contributed by atoms with Gasteiger partial charge in [0.2, 0.25) is 0 Å². The van der Waals surface area contributed by atoms with Gasteiger partial charge < -0.3 is 9.36 Å². The van der Waals surface area contributed by atoms with Crippen molar-refractivity contribution in [2.75, 3.05) is 0 Å². The monoisotopic (exact) mass is 282 g/mol. The number of fused-ring (bicyclic) bond motifs is 1. The van der Waals surface area contributed by atoms with Gasteiger partial charge in [0.15, 0.2) is 11.2 Å². The van der Waals surface area contributed by atoms with E-state index in [-0.39, 0.29) is 23.5 Å². The number of carbonyl (C=O) groups is 1. The van der Waals surface area contributed by atoms with Crippen molar-refractivity contribution in [1.82, 2.24) is 18.7 Å². The predicted octanol–water partition coefficient (Wildman–Crippen LogP) is 0.193. The molecule has 0 amide bonds. The van der Waals surface area contributed by atoms with Crippen LogP contribution in [0.5, 0.6) is 0 Å². The van der Waals surface area contributed by atoms with Gasteiger partial charge in [-0.3, -0.25) is 13.9 Å². The van der Waals surface area contributed by atoms with E-state index in [1.165, 1.54) is 14.0 Å². The van der Waals surface area contributed by atoms with Crippen LogP contribution >= 0.6 is 0 Å². The van der Waals surface area contributed by atoms with E-state index in [1.54, 1.807) is 0 Å². The topological polar surface area (TPSA) is 78.9 Å². The molecule has 2 aromatic heterocycles. The van der Waals surface area contributed by atoms with Gasteiger partial charge in [0.05, 0.1) is 6.30 Å². The van der Waals surface area contributed by atoms with Crippen LogP contribution < -0.4 is 11.2 Å². The second-order valence-electron chi connectivity index (χ2n) is 4.68. The van der Waals surface area contributed by atoms with Gasteiger partial charge in [-0.15, -0.1) is 0 Å². The molecule has 0 aliphatic rings. The highest BCUT2D eigenvalue weighted by Gasteiger charge is 2.14. The number of carbonyl (C=O) groups excluding carboxylic acids is 1. The molecule has 0 fully saturated rings. The summed E-state index contributed by atoms with van der Waals surface area (Å²) in [6, 6.07) is 0. The first-order valence-corrected chi connectivity index (χ1v) is 6.24. The zero-order valence-corrected chi connectivity index (χ0v) is 11.3. The van der Waals surface area contributed by atoms with E-state index in [2.05, 4.69) is 4.98 Å². The zero-order chi connectivity index (χ0) is 18.2. The molecular weight excluding hydrogens is 260 g/mol.